The summed E-state index contributed by atoms with van der Waals surface area (Å²) in [4.78, 5) is 27.9. The number of carbonyl (C=O) groups is 2. The monoisotopic (exact) mass is 367 g/mol. The van der Waals surface area contributed by atoms with E-state index in [0.29, 0.717) is 16.2 Å². The van der Waals surface area contributed by atoms with Gasteiger partial charge < -0.3 is 29.2 Å². The van der Waals surface area contributed by atoms with Crippen LogP contribution in [0.4, 0.5) is 4.79 Å². The van der Waals surface area contributed by atoms with E-state index in [9.17, 15) is 19.8 Å². The standard InChI is InChI=1S/C16H17NO9/c1-22-11-4-3-10(9-12(11)23-2)15(20)24-7-8-25-16(21)26-17-13(18)5-6-14(17)19/h3-6,9,18-19H,7-8H2,1-2H3. The first-order valence-corrected chi connectivity index (χ1v) is 7.30. The summed E-state index contributed by atoms with van der Waals surface area (Å²) in [5.41, 5.74) is 0.229. The molecule has 2 N–H and O–H groups in total. The number of hydrogen-bond acceptors (Lipinski definition) is 9. The van der Waals surface area contributed by atoms with Crippen LogP contribution in [0.25, 0.3) is 0 Å². The lowest BCUT2D eigenvalue weighted by Crippen LogP contribution is -2.22. The van der Waals surface area contributed by atoms with Crippen LogP contribution in [0, 0.1) is 0 Å². The van der Waals surface area contributed by atoms with Gasteiger partial charge in [0.15, 0.2) is 11.5 Å². The van der Waals surface area contributed by atoms with Crippen molar-refractivity contribution in [1.29, 1.82) is 0 Å². The van der Waals surface area contributed by atoms with E-state index in [4.69, 9.17) is 14.2 Å². The Balaban J connectivity index is 1.79. The molecule has 26 heavy (non-hydrogen) atoms. The van der Waals surface area contributed by atoms with E-state index in [1.165, 1.54) is 26.4 Å². The second-order valence-electron chi connectivity index (χ2n) is 4.74. The third kappa shape index (κ3) is 4.50. The molecule has 0 fully saturated rings. The zero-order valence-electron chi connectivity index (χ0n) is 14.0. The number of methoxy groups -OCH3 is 2. The predicted octanol–water partition coefficient (Wildman–Crippen LogP) is 1.34. The minimum atomic E-state index is -1.20. The molecule has 1 aromatic carbocycles. The predicted molar refractivity (Wildman–Crippen MR) is 85.5 cm³/mol. The Morgan fingerprint density at radius 1 is 0.923 bits per heavy atom. The minimum Gasteiger partial charge on any atom is -0.493 e. The quantitative estimate of drug-likeness (QED) is 0.550. The summed E-state index contributed by atoms with van der Waals surface area (Å²) < 4.78 is 20.3. The first-order chi connectivity index (χ1) is 12.5. The summed E-state index contributed by atoms with van der Waals surface area (Å²) in [7, 11) is 2.91. The van der Waals surface area contributed by atoms with Gasteiger partial charge in [0.05, 0.1) is 19.8 Å². The van der Waals surface area contributed by atoms with Crippen LogP contribution >= 0.6 is 0 Å². The van der Waals surface area contributed by atoms with Crippen molar-refractivity contribution in [2.45, 2.75) is 0 Å². The third-order valence-corrected chi connectivity index (χ3v) is 3.12. The van der Waals surface area contributed by atoms with Gasteiger partial charge in [0.2, 0.25) is 11.8 Å². The highest BCUT2D eigenvalue weighted by molar-refractivity contribution is 5.90. The van der Waals surface area contributed by atoms with E-state index >= 15 is 0 Å². The zero-order chi connectivity index (χ0) is 19.1. The number of esters is 1. The maximum Gasteiger partial charge on any atom is 0.534 e. The Kier molecular flexibility index (Phi) is 6.15. The van der Waals surface area contributed by atoms with Crippen LogP contribution in [0.1, 0.15) is 10.4 Å². The molecule has 1 heterocycles. The van der Waals surface area contributed by atoms with Gasteiger partial charge in [0.25, 0.3) is 0 Å². The van der Waals surface area contributed by atoms with Crippen LogP contribution in [-0.2, 0) is 9.47 Å². The second kappa shape index (κ2) is 8.51. The van der Waals surface area contributed by atoms with E-state index in [-0.39, 0.29) is 18.8 Å². The summed E-state index contributed by atoms with van der Waals surface area (Å²) in [5.74, 6) is -0.790. The molecule has 1 aromatic heterocycles. The van der Waals surface area contributed by atoms with Crippen LogP contribution in [-0.4, -0.2) is 54.5 Å². The van der Waals surface area contributed by atoms with E-state index in [1.807, 2.05) is 0 Å². The Bertz CT molecular complexity index is 765. The molecule has 0 radical (unpaired) electrons. The van der Waals surface area contributed by atoms with Crippen LogP contribution in [0.5, 0.6) is 23.3 Å². The lowest BCUT2D eigenvalue weighted by atomic mass is 10.2. The molecular weight excluding hydrogens is 350 g/mol. The lowest BCUT2D eigenvalue weighted by molar-refractivity contribution is 0.0145. The molecule has 0 unspecified atom stereocenters. The normalized spacial score (nSPS) is 10.1. The van der Waals surface area contributed by atoms with Gasteiger partial charge in [-0.3, -0.25) is 4.84 Å². The Hall–Kier alpha value is -3.56. The Morgan fingerprint density at radius 2 is 1.54 bits per heavy atom. The van der Waals surface area contributed by atoms with Crippen molar-refractivity contribution in [3.63, 3.8) is 0 Å². The molecule has 0 aliphatic heterocycles. The van der Waals surface area contributed by atoms with E-state index in [2.05, 4.69) is 9.57 Å². The number of ether oxygens (including phenoxy) is 4. The lowest BCUT2D eigenvalue weighted by Gasteiger charge is -2.10. The SMILES string of the molecule is COc1ccc(C(=O)OCCOC(=O)On2c(O)ccc2O)cc1OC. The average molecular weight is 367 g/mol. The molecule has 2 aromatic rings. The first kappa shape index (κ1) is 18.8. The average Bonchev–Trinajstić information content (AvgIpc) is 2.96. The van der Waals surface area contributed by atoms with Gasteiger partial charge in [0, 0.05) is 12.1 Å². The zero-order valence-corrected chi connectivity index (χ0v) is 14.0. The molecule has 10 heteroatoms. The van der Waals surface area contributed by atoms with E-state index in [1.54, 1.807) is 6.07 Å². The molecule has 0 aliphatic rings. The summed E-state index contributed by atoms with van der Waals surface area (Å²) >= 11 is 0. The topological polar surface area (TPSA) is 126 Å². The summed E-state index contributed by atoms with van der Waals surface area (Å²) in [5, 5.41) is 18.6. The summed E-state index contributed by atoms with van der Waals surface area (Å²) in [6, 6.07) is 6.74. The van der Waals surface area contributed by atoms with Crippen LogP contribution in [0.2, 0.25) is 0 Å². The summed E-state index contributed by atoms with van der Waals surface area (Å²) in [6.45, 7) is -0.521. The van der Waals surface area contributed by atoms with Crippen molar-refractivity contribution in [1.82, 2.24) is 4.73 Å². The van der Waals surface area contributed by atoms with Crippen molar-refractivity contribution < 1.29 is 43.6 Å². The van der Waals surface area contributed by atoms with Crippen molar-refractivity contribution >= 4 is 12.1 Å². The Morgan fingerprint density at radius 3 is 2.15 bits per heavy atom. The molecule has 0 atom stereocenters. The fourth-order valence-corrected chi connectivity index (χ4v) is 1.90. The van der Waals surface area contributed by atoms with Gasteiger partial charge in [-0.2, -0.15) is 0 Å². The van der Waals surface area contributed by atoms with Gasteiger partial charge >= 0.3 is 12.1 Å². The number of rotatable bonds is 7. The number of nitrogens with zero attached hydrogens (tertiary/aromatic N) is 1. The molecule has 10 nitrogen and oxygen atoms in total. The van der Waals surface area contributed by atoms with Gasteiger partial charge in [0.1, 0.15) is 13.2 Å². The highest BCUT2D eigenvalue weighted by atomic mass is 16.8. The number of aromatic nitrogens is 1. The van der Waals surface area contributed by atoms with Crippen molar-refractivity contribution in [2.24, 2.45) is 0 Å². The highest BCUT2D eigenvalue weighted by Crippen LogP contribution is 2.27. The molecule has 0 saturated carbocycles. The minimum absolute atomic E-state index is 0.229. The molecule has 0 aliphatic carbocycles. The third-order valence-electron chi connectivity index (χ3n) is 3.12. The van der Waals surface area contributed by atoms with Crippen LogP contribution in [0.3, 0.4) is 0 Å². The van der Waals surface area contributed by atoms with Gasteiger partial charge in [-0.15, -0.1) is 4.73 Å². The molecule has 0 saturated heterocycles. The van der Waals surface area contributed by atoms with Crippen molar-refractivity contribution in [3.05, 3.63) is 35.9 Å². The first-order valence-electron chi connectivity index (χ1n) is 7.30. The van der Waals surface area contributed by atoms with Gasteiger partial charge in [-0.25, -0.2) is 9.59 Å². The molecule has 140 valence electrons. The largest absolute Gasteiger partial charge is 0.534 e. The van der Waals surface area contributed by atoms with Crippen LogP contribution < -0.4 is 14.3 Å². The van der Waals surface area contributed by atoms with E-state index in [0.717, 1.165) is 12.1 Å². The maximum atomic E-state index is 11.9. The second-order valence-corrected chi connectivity index (χ2v) is 4.74. The van der Waals surface area contributed by atoms with Gasteiger partial charge in [-0.1, -0.05) is 0 Å². The molecule has 2 rings (SSSR count). The number of benzene rings is 1. The van der Waals surface area contributed by atoms with Crippen LogP contribution in [0.15, 0.2) is 30.3 Å². The maximum absolute atomic E-state index is 11.9. The Labute approximate surface area is 148 Å². The fraction of sp³-hybridized carbons (Fsp3) is 0.250. The fourth-order valence-electron chi connectivity index (χ4n) is 1.90. The van der Waals surface area contributed by atoms with Crippen molar-refractivity contribution in [3.8, 4) is 23.3 Å². The van der Waals surface area contributed by atoms with Gasteiger partial charge in [-0.05, 0) is 18.2 Å². The highest BCUT2D eigenvalue weighted by Gasteiger charge is 2.15. The number of carbonyl (C=O) groups excluding carboxylic acids is 2. The molecular formula is C16H17NO9. The number of aromatic hydroxyl groups is 2. The smallest absolute Gasteiger partial charge is 0.493 e. The number of hydrogen-bond donors (Lipinski definition) is 2. The van der Waals surface area contributed by atoms with E-state index < -0.39 is 23.9 Å². The molecule has 0 bridgehead atoms. The molecule has 0 spiro atoms. The summed E-state index contributed by atoms with van der Waals surface area (Å²) in [6.07, 6.45) is -1.20. The van der Waals surface area contributed by atoms with Crippen molar-refractivity contribution in [2.75, 3.05) is 27.4 Å². The molecule has 0 amide bonds.